The van der Waals surface area contributed by atoms with Gasteiger partial charge in [0.25, 0.3) is 5.91 Å². The molecule has 32 heavy (non-hydrogen) atoms. The molecule has 4 rings (SSSR count). The van der Waals surface area contributed by atoms with Gasteiger partial charge in [-0.3, -0.25) is 9.59 Å². The van der Waals surface area contributed by atoms with Crippen LogP contribution >= 0.6 is 0 Å². The number of amides is 1. The van der Waals surface area contributed by atoms with E-state index >= 15 is 0 Å². The fourth-order valence-electron chi connectivity index (χ4n) is 5.22. The number of Topliss-reactive ketones (excluding diaryl/α,β-unsaturated/α-hetero) is 1. The van der Waals surface area contributed by atoms with Gasteiger partial charge in [-0.25, -0.2) is 0 Å². The Bertz CT molecular complexity index is 922. The van der Waals surface area contributed by atoms with Gasteiger partial charge in [-0.2, -0.15) is 0 Å². The number of nitrogens with zero attached hydrogens (tertiary/aromatic N) is 2. The summed E-state index contributed by atoms with van der Waals surface area (Å²) in [6, 6.07) is 7.35. The van der Waals surface area contributed by atoms with Gasteiger partial charge in [0.2, 0.25) is 0 Å². The maximum atomic E-state index is 13.8. The Morgan fingerprint density at radius 2 is 1.88 bits per heavy atom. The van der Waals surface area contributed by atoms with Gasteiger partial charge in [-0.15, -0.1) is 0 Å². The highest BCUT2D eigenvalue weighted by Gasteiger charge is 2.53. The Morgan fingerprint density at radius 1 is 1.16 bits per heavy atom. The number of benzene rings is 1. The lowest BCUT2D eigenvalue weighted by molar-refractivity contribution is -0.137. The van der Waals surface area contributed by atoms with Gasteiger partial charge in [0, 0.05) is 13.1 Å². The Balaban J connectivity index is 1.74. The maximum absolute atomic E-state index is 13.8. The second-order valence-electron chi connectivity index (χ2n) is 10.2. The highest BCUT2D eigenvalue weighted by atomic mass is 16.5. The van der Waals surface area contributed by atoms with Crippen molar-refractivity contribution in [3.05, 3.63) is 41.2 Å². The Morgan fingerprint density at radius 3 is 2.56 bits per heavy atom. The van der Waals surface area contributed by atoms with Gasteiger partial charge >= 0.3 is 0 Å². The average Bonchev–Trinajstić information content (AvgIpc) is 3.00. The molecule has 3 aliphatic rings. The smallest absolute Gasteiger partial charge is 0.290 e. The third-order valence-electron chi connectivity index (χ3n) is 7.14. The van der Waals surface area contributed by atoms with Crippen LogP contribution in [0.4, 0.5) is 0 Å². The largest absolute Gasteiger partial charge is 0.491 e. The second-order valence-corrected chi connectivity index (χ2v) is 10.2. The Kier molecular flexibility index (Phi) is 6.35. The van der Waals surface area contributed by atoms with E-state index < -0.39 is 6.04 Å². The zero-order valence-electron chi connectivity index (χ0n) is 20.1. The molecule has 1 aliphatic carbocycles. The van der Waals surface area contributed by atoms with Crippen LogP contribution in [0.25, 0.3) is 0 Å². The summed E-state index contributed by atoms with van der Waals surface area (Å²) >= 11 is 0. The van der Waals surface area contributed by atoms with Gasteiger partial charge in [-0.1, -0.05) is 26.0 Å². The van der Waals surface area contributed by atoms with Gasteiger partial charge < -0.3 is 19.3 Å². The van der Waals surface area contributed by atoms with Crippen molar-refractivity contribution in [3.8, 4) is 5.75 Å². The van der Waals surface area contributed by atoms with Crippen LogP contribution in [0, 0.1) is 17.8 Å². The zero-order valence-corrected chi connectivity index (χ0v) is 20.1. The first-order valence-electron chi connectivity index (χ1n) is 11.8. The highest BCUT2D eigenvalue weighted by molar-refractivity contribution is 6.11. The Labute approximate surface area is 191 Å². The molecule has 0 saturated heterocycles. The number of fused-ring (bicyclic) bond motifs is 1. The van der Waals surface area contributed by atoms with Crippen LogP contribution in [0.2, 0.25) is 0 Å². The molecule has 0 bridgehead atoms. The van der Waals surface area contributed by atoms with Crippen molar-refractivity contribution in [2.75, 3.05) is 27.2 Å². The van der Waals surface area contributed by atoms with E-state index in [-0.39, 0.29) is 35.6 Å². The van der Waals surface area contributed by atoms with Gasteiger partial charge in [0.1, 0.15) is 11.9 Å². The molecule has 0 radical (unpaired) electrons. The molecule has 1 aromatic rings. The summed E-state index contributed by atoms with van der Waals surface area (Å²) in [4.78, 5) is 31.2. The van der Waals surface area contributed by atoms with Crippen molar-refractivity contribution in [3.63, 3.8) is 0 Å². The molecule has 5 unspecified atom stereocenters. The molecule has 6 nitrogen and oxygen atoms in total. The summed E-state index contributed by atoms with van der Waals surface area (Å²) in [6.45, 7) is 9.63. The first-order valence-corrected chi connectivity index (χ1v) is 11.8. The molecule has 2 aliphatic heterocycles. The molecule has 1 fully saturated rings. The van der Waals surface area contributed by atoms with Crippen molar-refractivity contribution >= 4 is 11.7 Å². The third-order valence-corrected chi connectivity index (χ3v) is 7.14. The quantitative estimate of drug-likeness (QED) is 0.673. The normalized spacial score (nSPS) is 30.0. The van der Waals surface area contributed by atoms with Crippen LogP contribution in [0.3, 0.4) is 0 Å². The van der Waals surface area contributed by atoms with Crippen molar-refractivity contribution in [2.45, 2.75) is 58.8 Å². The summed E-state index contributed by atoms with van der Waals surface area (Å²) < 4.78 is 12.2. The van der Waals surface area contributed by atoms with Gasteiger partial charge in [0.05, 0.1) is 23.6 Å². The molecule has 0 N–H and O–H groups in total. The summed E-state index contributed by atoms with van der Waals surface area (Å²) in [5.41, 5.74) is 1.44. The lowest BCUT2D eigenvalue weighted by Gasteiger charge is -2.40. The standard InChI is InChI=1S/C26H36N2O4/c1-15(2)31-19-9-7-8-18(14-19)23-22-24(29)20-12-16(3)17(4)13-21(20)32-25(22)26(30)28(23)11-10-27(5)6/h7-9,14-17,20-21,23H,10-13H2,1-6H3. The minimum atomic E-state index is -0.434. The average molecular weight is 441 g/mol. The summed E-state index contributed by atoms with van der Waals surface area (Å²) in [7, 11) is 3.97. The molecule has 0 spiro atoms. The number of hydrogen-bond donors (Lipinski definition) is 0. The number of ether oxygens (including phenoxy) is 2. The predicted molar refractivity (Wildman–Crippen MR) is 123 cm³/mol. The summed E-state index contributed by atoms with van der Waals surface area (Å²) in [5.74, 6) is 1.73. The fraction of sp³-hybridized carbons (Fsp3) is 0.615. The molecule has 174 valence electrons. The van der Waals surface area contributed by atoms with Crippen LogP contribution in [0.5, 0.6) is 5.75 Å². The van der Waals surface area contributed by atoms with Gasteiger partial charge in [0.15, 0.2) is 11.5 Å². The van der Waals surface area contributed by atoms with E-state index in [0.29, 0.717) is 30.5 Å². The van der Waals surface area contributed by atoms with Crippen LogP contribution < -0.4 is 4.74 Å². The number of carbonyl (C=O) groups is 2. The third kappa shape index (κ3) is 4.17. The van der Waals surface area contributed by atoms with Crippen molar-refractivity contribution < 1.29 is 19.1 Å². The second kappa shape index (κ2) is 8.89. The van der Waals surface area contributed by atoms with Crippen LogP contribution in [-0.2, 0) is 14.3 Å². The molecular weight excluding hydrogens is 404 g/mol. The van der Waals surface area contributed by atoms with E-state index in [4.69, 9.17) is 9.47 Å². The fourth-order valence-corrected chi connectivity index (χ4v) is 5.22. The SMILES string of the molecule is CC(C)Oc1cccc(C2C3=C(OC4CC(C)C(C)CC4C3=O)C(=O)N2CCN(C)C)c1. The lowest BCUT2D eigenvalue weighted by atomic mass is 9.70. The molecule has 6 heteroatoms. The maximum Gasteiger partial charge on any atom is 0.290 e. The van der Waals surface area contributed by atoms with Crippen LogP contribution in [-0.4, -0.2) is 60.9 Å². The summed E-state index contributed by atoms with van der Waals surface area (Å²) in [5, 5.41) is 0. The molecule has 0 aromatic heterocycles. The van der Waals surface area contributed by atoms with Crippen molar-refractivity contribution in [1.29, 1.82) is 0 Å². The monoisotopic (exact) mass is 440 g/mol. The minimum Gasteiger partial charge on any atom is -0.491 e. The highest BCUT2D eigenvalue weighted by Crippen LogP contribution is 2.48. The van der Waals surface area contributed by atoms with E-state index in [1.165, 1.54) is 0 Å². The summed E-state index contributed by atoms with van der Waals surface area (Å²) in [6.07, 6.45) is 1.49. The number of likely N-dealkylation sites (N-methyl/N-ethyl adjacent to an activating group) is 1. The zero-order chi connectivity index (χ0) is 23.2. The molecule has 1 amide bonds. The van der Waals surface area contributed by atoms with Gasteiger partial charge in [-0.05, 0) is 70.3 Å². The van der Waals surface area contributed by atoms with Crippen LogP contribution in [0.15, 0.2) is 35.6 Å². The molecule has 1 saturated carbocycles. The van der Waals surface area contributed by atoms with Crippen molar-refractivity contribution in [2.24, 2.45) is 17.8 Å². The van der Waals surface area contributed by atoms with E-state index in [0.717, 1.165) is 24.2 Å². The molecule has 5 atom stereocenters. The number of ketones is 1. The first-order chi connectivity index (χ1) is 15.2. The predicted octanol–water partition coefficient (Wildman–Crippen LogP) is 3.82. The first kappa shape index (κ1) is 22.8. The number of carbonyl (C=O) groups excluding carboxylic acids is 2. The van der Waals surface area contributed by atoms with E-state index in [9.17, 15) is 9.59 Å². The van der Waals surface area contributed by atoms with E-state index in [1.807, 2.05) is 57.1 Å². The topological polar surface area (TPSA) is 59.1 Å². The molecule has 2 heterocycles. The van der Waals surface area contributed by atoms with Crippen molar-refractivity contribution in [1.82, 2.24) is 9.80 Å². The lowest BCUT2D eigenvalue weighted by Crippen LogP contribution is -2.43. The van der Waals surface area contributed by atoms with E-state index in [1.54, 1.807) is 4.90 Å². The minimum absolute atomic E-state index is 0.0428. The molecular formula is C26H36N2O4. The Hall–Kier alpha value is -2.34. The molecule has 1 aromatic carbocycles. The van der Waals surface area contributed by atoms with Crippen LogP contribution in [0.1, 0.15) is 52.1 Å². The van der Waals surface area contributed by atoms with E-state index in [2.05, 4.69) is 13.8 Å². The number of rotatable bonds is 6. The number of hydrogen-bond acceptors (Lipinski definition) is 5.